The molecule has 0 aliphatic carbocycles. The number of sulfonamides is 1. The second-order valence-electron chi connectivity index (χ2n) is 6.83. The van der Waals surface area contributed by atoms with Gasteiger partial charge >= 0.3 is 6.18 Å². The van der Waals surface area contributed by atoms with Crippen LogP contribution in [0.5, 0.6) is 0 Å². The molecule has 10 heteroatoms. The monoisotopic (exact) mass is 455 g/mol. The number of alkyl halides is 3. The average molecular weight is 456 g/mol. The number of anilines is 1. The van der Waals surface area contributed by atoms with Gasteiger partial charge in [0.2, 0.25) is 10.0 Å². The summed E-state index contributed by atoms with van der Waals surface area (Å²) in [5, 5.41) is 9.68. The first-order valence-electron chi connectivity index (χ1n) is 8.82. The van der Waals surface area contributed by atoms with Crippen LogP contribution in [0.15, 0.2) is 42.6 Å². The highest BCUT2D eigenvalue weighted by Gasteiger charge is 2.32. The molecular formula is C20H17ClF3N3O2S. The highest BCUT2D eigenvalue weighted by atomic mass is 35.5. The minimum Gasteiger partial charge on any atom is -0.359 e. The normalized spacial score (nSPS) is 13.2. The molecule has 3 aromatic rings. The number of nitriles is 1. The summed E-state index contributed by atoms with van der Waals surface area (Å²) in [4.78, 5) is 3.03. The minimum absolute atomic E-state index is 0.0486. The summed E-state index contributed by atoms with van der Waals surface area (Å²) in [5.74, 6) is -0.457. The molecule has 5 nitrogen and oxygen atoms in total. The molecule has 0 amide bonds. The standard InChI is InChI=1S/C20H17ClF3N3O2S/c1-30(28,29)27-18-6-2-4-15-16(11-26-19(15)18)13(5-3-9-25)14-8-7-12(10-17(14)21)20(22,23)24/h2,4,6-8,10-11,13,26-27H,3,5H2,1H3. The molecule has 0 fully saturated rings. The molecule has 0 radical (unpaired) electrons. The lowest BCUT2D eigenvalue weighted by atomic mass is 9.86. The van der Waals surface area contributed by atoms with Crippen molar-refractivity contribution in [3.63, 3.8) is 0 Å². The van der Waals surface area contributed by atoms with Crippen LogP contribution in [0.1, 0.15) is 35.4 Å². The SMILES string of the molecule is CS(=O)(=O)Nc1cccc2c(C(CCC#N)c3ccc(C(F)(F)F)cc3Cl)c[nH]c12. The zero-order valence-electron chi connectivity index (χ0n) is 15.7. The first-order valence-corrected chi connectivity index (χ1v) is 11.1. The zero-order valence-corrected chi connectivity index (χ0v) is 17.3. The van der Waals surface area contributed by atoms with Gasteiger partial charge in [-0.05, 0) is 35.7 Å². The minimum atomic E-state index is -4.52. The first kappa shape index (κ1) is 22.0. The molecule has 0 saturated carbocycles. The Kier molecular flexibility index (Phi) is 6.01. The largest absolute Gasteiger partial charge is 0.416 e. The molecule has 3 rings (SSSR count). The zero-order chi connectivity index (χ0) is 22.1. The number of aromatic nitrogens is 1. The Morgan fingerprint density at radius 1 is 1.23 bits per heavy atom. The number of aromatic amines is 1. The number of fused-ring (bicyclic) bond motifs is 1. The van der Waals surface area contributed by atoms with Gasteiger partial charge in [-0.15, -0.1) is 0 Å². The molecule has 1 heterocycles. The van der Waals surface area contributed by atoms with Gasteiger partial charge in [-0.25, -0.2) is 8.42 Å². The predicted molar refractivity (Wildman–Crippen MR) is 110 cm³/mol. The third-order valence-corrected chi connectivity index (χ3v) is 5.58. The number of H-pyrrole nitrogens is 1. The molecule has 0 aliphatic rings. The number of para-hydroxylation sites is 1. The van der Waals surface area contributed by atoms with Crippen LogP contribution in [0.4, 0.5) is 18.9 Å². The fraction of sp³-hybridized carbons (Fsp3) is 0.250. The van der Waals surface area contributed by atoms with Crippen molar-refractivity contribution in [1.29, 1.82) is 5.26 Å². The van der Waals surface area contributed by atoms with E-state index in [9.17, 15) is 21.6 Å². The van der Waals surface area contributed by atoms with E-state index < -0.39 is 27.7 Å². The molecule has 30 heavy (non-hydrogen) atoms. The molecule has 0 bridgehead atoms. The number of hydrogen-bond donors (Lipinski definition) is 2. The van der Waals surface area contributed by atoms with Crippen LogP contribution in [0.25, 0.3) is 10.9 Å². The van der Waals surface area contributed by atoms with Gasteiger partial charge in [-0.2, -0.15) is 18.4 Å². The Bertz CT molecular complexity index is 1230. The van der Waals surface area contributed by atoms with Gasteiger partial charge in [0.15, 0.2) is 0 Å². The van der Waals surface area contributed by atoms with E-state index in [2.05, 4.69) is 15.8 Å². The van der Waals surface area contributed by atoms with Gasteiger partial charge in [0.25, 0.3) is 0 Å². The Morgan fingerprint density at radius 2 is 1.97 bits per heavy atom. The number of rotatable bonds is 6. The smallest absolute Gasteiger partial charge is 0.359 e. The van der Waals surface area contributed by atoms with Crippen LogP contribution >= 0.6 is 11.6 Å². The molecule has 1 atom stereocenters. The highest BCUT2D eigenvalue weighted by Crippen LogP contribution is 2.41. The van der Waals surface area contributed by atoms with Crippen LogP contribution in [0.2, 0.25) is 5.02 Å². The summed E-state index contributed by atoms with van der Waals surface area (Å²) in [7, 11) is -3.51. The van der Waals surface area contributed by atoms with E-state index >= 15 is 0 Å². The van der Waals surface area contributed by atoms with Gasteiger partial charge < -0.3 is 4.98 Å². The maximum Gasteiger partial charge on any atom is 0.416 e. The van der Waals surface area contributed by atoms with Crippen molar-refractivity contribution in [3.05, 3.63) is 64.3 Å². The lowest BCUT2D eigenvalue weighted by molar-refractivity contribution is -0.137. The summed E-state index contributed by atoms with van der Waals surface area (Å²) < 4.78 is 64.7. The summed E-state index contributed by atoms with van der Waals surface area (Å²) in [6.07, 6.45) is -1.33. The number of halogens is 4. The summed E-state index contributed by atoms with van der Waals surface area (Å²) in [6, 6.07) is 10.3. The van der Waals surface area contributed by atoms with E-state index in [0.717, 1.165) is 18.4 Å². The molecule has 1 unspecified atom stereocenters. The van der Waals surface area contributed by atoms with Gasteiger partial charge in [-0.3, -0.25) is 4.72 Å². The quantitative estimate of drug-likeness (QED) is 0.503. The topological polar surface area (TPSA) is 85.8 Å². The Balaban J connectivity index is 2.13. The Labute approximate surface area is 176 Å². The molecule has 158 valence electrons. The average Bonchev–Trinajstić information content (AvgIpc) is 3.06. The van der Waals surface area contributed by atoms with Crippen molar-refractivity contribution in [2.75, 3.05) is 11.0 Å². The van der Waals surface area contributed by atoms with Gasteiger partial charge in [0.1, 0.15) is 0 Å². The number of hydrogen-bond acceptors (Lipinski definition) is 3. The van der Waals surface area contributed by atoms with Crippen LogP contribution in [0.3, 0.4) is 0 Å². The lowest BCUT2D eigenvalue weighted by Crippen LogP contribution is -2.09. The first-order chi connectivity index (χ1) is 14.0. The van der Waals surface area contributed by atoms with Crippen LogP contribution in [-0.2, 0) is 16.2 Å². The molecule has 2 N–H and O–H groups in total. The van der Waals surface area contributed by atoms with E-state index in [4.69, 9.17) is 16.9 Å². The number of nitrogens with one attached hydrogen (secondary N) is 2. The van der Waals surface area contributed by atoms with Crippen molar-refractivity contribution >= 4 is 38.2 Å². The third-order valence-electron chi connectivity index (χ3n) is 4.67. The molecular weight excluding hydrogens is 439 g/mol. The second kappa shape index (κ2) is 8.20. The van der Waals surface area contributed by atoms with E-state index in [1.807, 2.05) is 0 Å². The third kappa shape index (κ3) is 4.71. The van der Waals surface area contributed by atoms with E-state index in [1.165, 1.54) is 6.07 Å². The Morgan fingerprint density at radius 3 is 2.57 bits per heavy atom. The van der Waals surface area contributed by atoms with Crippen molar-refractivity contribution in [1.82, 2.24) is 4.98 Å². The summed E-state index contributed by atoms with van der Waals surface area (Å²) in [5.41, 5.74) is 1.19. The fourth-order valence-corrected chi connectivity index (χ4v) is 4.30. The lowest BCUT2D eigenvalue weighted by Gasteiger charge is -2.19. The molecule has 0 spiro atoms. The predicted octanol–water partition coefficient (Wildman–Crippen LogP) is 5.65. The molecule has 2 aromatic carbocycles. The summed E-state index contributed by atoms with van der Waals surface area (Å²) in [6.45, 7) is 0. The number of benzene rings is 2. The summed E-state index contributed by atoms with van der Waals surface area (Å²) >= 11 is 6.21. The van der Waals surface area contributed by atoms with Crippen molar-refractivity contribution < 1.29 is 21.6 Å². The van der Waals surface area contributed by atoms with Crippen molar-refractivity contribution in [3.8, 4) is 6.07 Å². The molecule has 0 aliphatic heterocycles. The van der Waals surface area contributed by atoms with Crippen molar-refractivity contribution in [2.24, 2.45) is 0 Å². The van der Waals surface area contributed by atoms with Crippen LogP contribution in [0, 0.1) is 11.3 Å². The van der Waals surface area contributed by atoms with Gasteiger partial charge in [0.05, 0.1) is 29.1 Å². The van der Waals surface area contributed by atoms with Crippen LogP contribution < -0.4 is 4.72 Å². The maximum atomic E-state index is 13.0. The van der Waals surface area contributed by atoms with Crippen LogP contribution in [-0.4, -0.2) is 19.7 Å². The van der Waals surface area contributed by atoms with Gasteiger partial charge in [0, 0.05) is 28.9 Å². The second-order valence-corrected chi connectivity index (χ2v) is 8.99. The molecule has 0 saturated heterocycles. The highest BCUT2D eigenvalue weighted by molar-refractivity contribution is 7.92. The van der Waals surface area contributed by atoms with Gasteiger partial charge in [-0.1, -0.05) is 29.8 Å². The number of nitrogens with zero attached hydrogens (tertiary/aromatic N) is 1. The maximum absolute atomic E-state index is 13.0. The Hall–Kier alpha value is -2.70. The van der Waals surface area contributed by atoms with E-state index in [1.54, 1.807) is 24.4 Å². The van der Waals surface area contributed by atoms with E-state index in [-0.39, 0.29) is 11.4 Å². The van der Waals surface area contributed by atoms with Crippen molar-refractivity contribution in [2.45, 2.75) is 24.9 Å². The fourth-order valence-electron chi connectivity index (χ4n) is 3.42. The van der Waals surface area contributed by atoms with E-state index in [0.29, 0.717) is 34.1 Å². The molecule has 1 aromatic heterocycles.